The van der Waals surface area contributed by atoms with Crippen molar-refractivity contribution in [3.8, 4) is 0 Å². The quantitative estimate of drug-likeness (QED) is 0.736. The molecule has 3 aliphatic heterocycles. The van der Waals surface area contributed by atoms with Crippen LogP contribution in [0, 0.1) is 17.8 Å². The Bertz CT molecular complexity index is 486. The summed E-state index contributed by atoms with van der Waals surface area (Å²) in [6.07, 6.45) is 14.3. The molecule has 0 N–H and O–H groups in total. The molecule has 1 aliphatic carbocycles. The number of fused-ring (bicyclic) bond motifs is 1. The summed E-state index contributed by atoms with van der Waals surface area (Å²) < 4.78 is 5.43. The maximum atomic E-state index is 12.9. The zero-order valence-corrected chi connectivity index (χ0v) is 15.6. The van der Waals surface area contributed by atoms with E-state index in [1.165, 1.54) is 51.6 Å². The van der Waals surface area contributed by atoms with Gasteiger partial charge in [0.1, 0.15) is 0 Å². The highest BCUT2D eigenvalue weighted by atomic mass is 16.5. The monoisotopic (exact) mass is 346 g/mol. The summed E-state index contributed by atoms with van der Waals surface area (Å²) >= 11 is 0. The fourth-order valence-electron chi connectivity index (χ4n) is 5.49. The van der Waals surface area contributed by atoms with Gasteiger partial charge in [-0.2, -0.15) is 0 Å². The van der Waals surface area contributed by atoms with Crippen LogP contribution < -0.4 is 0 Å². The Kier molecular flexibility index (Phi) is 5.76. The van der Waals surface area contributed by atoms with Crippen LogP contribution in [0.15, 0.2) is 12.2 Å². The number of nitrogens with zero attached hydrogens (tertiary/aromatic N) is 2. The molecule has 25 heavy (non-hydrogen) atoms. The second kappa shape index (κ2) is 8.22. The Labute approximate surface area is 152 Å². The molecule has 0 aromatic carbocycles. The first-order chi connectivity index (χ1) is 12.3. The number of rotatable bonds is 3. The van der Waals surface area contributed by atoms with E-state index >= 15 is 0 Å². The van der Waals surface area contributed by atoms with Gasteiger partial charge in [-0.1, -0.05) is 12.2 Å². The van der Waals surface area contributed by atoms with Gasteiger partial charge in [-0.05, 0) is 69.7 Å². The second-order valence-electron chi connectivity index (χ2n) is 8.57. The van der Waals surface area contributed by atoms with Gasteiger partial charge in [0.2, 0.25) is 5.91 Å². The fourth-order valence-corrected chi connectivity index (χ4v) is 5.49. The maximum absolute atomic E-state index is 12.9. The van der Waals surface area contributed by atoms with E-state index in [4.69, 9.17) is 4.74 Å². The summed E-state index contributed by atoms with van der Waals surface area (Å²) in [7, 11) is 0. The van der Waals surface area contributed by atoms with Crippen molar-refractivity contribution in [1.82, 2.24) is 9.80 Å². The molecule has 0 spiro atoms. The molecule has 4 rings (SSSR count). The number of piperidine rings is 2. The third-order valence-corrected chi connectivity index (χ3v) is 6.94. The van der Waals surface area contributed by atoms with Gasteiger partial charge in [-0.15, -0.1) is 0 Å². The lowest BCUT2D eigenvalue weighted by Gasteiger charge is -2.48. The Morgan fingerprint density at radius 1 is 1.04 bits per heavy atom. The average molecular weight is 347 g/mol. The van der Waals surface area contributed by atoms with Crippen LogP contribution in [0.3, 0.4) is 0 Å². The molecule has 0 aromatic rings. The molecule has 140 valence electrons. The summed E-state index contributed by atoms with van der Waals surface area (Å²) in [5.74, 6) is 2.19. The van der Waals surface area contributed by atoms with Crippen molar-refractivity contribution in [2.24, 2.45) is 17.8 Å². The highest BCUT2D eigenvalue weighted by Gasteiger charge is 2.39. The van der Waals surface area contributed by atoms with Crippen molar-refractivity contribution in [2.45, 2.75) is 57.4 Å². The molecule has 4 heteroatoms. The fraction of sp³-hybridized carbons (Fsp3) is 0.857. The molecule has 0 radical (unpaired) electrons. The largest absolute Gasteiger partial charge is 0.381 e. The van der Waals surface area contributed by atoms with Gasteiger partial charge in [0, 0.05) is 44.8 Å². The third-order valence-electron chi connectivity index (χ3n) is 6.94. The van der Waals surface area contributed by atoms with E-state index in [0.717, 1.165) is 51.1 Å². The minimum atomic E-state index is 0.221. The van der Waals surface area contributed by atoms with E-state index in [1.807, 2.05) is 0 Å². The van der Waals surface area contributed by atoms with E-state index in [-0.39, 0.29) is 5.92 Å². The lowest BCUT2D eigenvalue weighted by atomic mass is 9.82. The van der Waals surface area contributed by atoms with E-state index < -0.39 is 0 Å². The number of carbonyl (C=O) groups excluding carboxylic acids is 1. The van der Waals surface area contributed by atoms with Crippen molar-refractivity contribution in [2.75, 3.05) is 39.4 Å². The van der Waals surface area contributed by atoms with Gasteiger partial charge in [0.25, 0.3) is 0 Å². The third kappa shape index (κ3) is 4.11. The van der Waals surface area contributed by atoms with E-state index in [2.05, 4.69) is 22.0 Å². The molecule has 0 bridgehead atoms. The van der Waals surface area contributed by atoms with Crippen LogP contribution in [0.5, 0.6) is 0 Å². The first-order valence-electron chi connectivity index (χ1n) is 10.6. The Morgan fingerprint density at radius 2 is 1.92 bits per heavy atom. The lowest BCUT2D eigenvalue weighted by molar-refractivity contribution is -0.142. The summed E-state index contributed by atoms with van der Waals surface area (Å²) in [4.78, 5) is 17.9. The molecule has 0 saturated carbocycles. The molecule has 3 saturated heterocycles. The number of allylic oxidation sites excluding steroid dienone is 2. The van der Waals surface area contributed by atoms with Crippen LogP contribution in [0.4, 0.5) is 0 Å². The highest BCUT2D eigenvalue weighted by Crippen LogP contribution is 2.33. The standard InChI is InChI=1S/C21H34N2O2/c24-21(18-9-13-25-14-10-18)23-12-8-20-19(16-23)7-4-11-22(20)15-17-5-2-1-3-6-17/h1-2,17-20H,3-16H2/t17?,19-,20+/m0/s1. The van der Waals surface area contributed by atoms with E-state index in [1.54, 1.807) is 0 Å². The second-order valence-corrected chi connectivity index (χ2v) is 8.57. The van der Waals surface area contributed by atoms with Crippen molar-refractivity contribution < 1.29 is 9.53 Å². The molecule has 3 heterocycles. The zero-order chi connectivity index (χ0) is 17.1. The van der Waals surface area contributed by atoms with Gasteiger partial charge in [0.15, 0.2) is 0 Å². The van der Waals surface area contributed by atoms with Gasteiger partial charge >= 0.3 is 0 Å². The van der Waals surface area contributed by atoms with Crippen molar-refractivity contribution >= 4 is 5.91 Å². The molecular weight excluding hydrogens is 312 g/mol. The van der Waals surface area contributed by atoms with Gasteiger partial charge in [-0.25, -0.2) is 0 Å². The molecular formula is C21H34N2O2. The average Bonchev–Trinajstić information content (AvgIpc) is 2.69. The maximum Gasteiger partial charge on any atom is 0.225 e. The molecule has 3 fully saturated rings. The Morgan fingerprint density at radius 3 is 2.72 bits per heavy atom. The zero-order valence-electron chi connectivity index (χ0n) is 15.6. The number of carbonyl (C=O) groups is 1. The minimum absolute atomic E-state index is 0.221. The number of likely N-dealkylation sites (tertiary alicyclic amines) is 2. The topological polar surface area (TPSA) is 32.8 Å². The van der Waals surface area contributed by atoms with Crippen molar-refractivity contribution in [3.05, 3.63) is 12.2 Å². The van der Waals surface area contributed by atoms with E-state index in [9.17, 15) is 4.79 Å². The van der Waals surface area contributed by atoms with Crippen LogP contribution in [-0.2, 0) is 9.53 Å². The predicted octanol–water partition coefficient (Wildman–Crippen LogP) is 3.08. The number of hydrogen-bond donors (Lipinski definition) is 0. The van der Waals surface area contributed by atoms with Crippen molar-refractivity contribution in [1.29, 1.82) is 0 Å². The van der Waals surface area contributed by atoms with Gasteiger partial charge in [0.05, 0.1) is 0 Å². The summed E-state index contributed by atoms with van der Waals surface area (Å²) in [6.45, 7) is 6.05. The van der Waals surface area contributed by atoms with Crippen LogP contribution >= 0.6 is 0 Å². The van der Waals surface area contributed by atoms with E-state index in [0.29, 0.717) is 11.8 Å². The Hall–Kier alpha value is -0.870. The van der Waals surface area contributed by atoms with Crippen LogP contribution in [0.2, 0.25) is 0 Å². The van der Waals surface area contributed by atoms with Gasteiger partial charge < -0.3 is 9.64 Å². The molecule has 3 atom stereocenters. The molecule has 1 amide bonds. The molecule has 1 unspecified atom stereocenters. The van der Waals surface area contributed by atoms with Crippen LogP contribution in [0.1, 0.15) is 51.4 Å². The predicted molar refractivity (Wildman–Crippen MR) is 99.3 cm³/mol. The smallest absolute Gasteiger partial charge is 0.225 e. The summed E-state index contributed by atoms with van der Waals surface area (Å²) in [5.41, 5.74) is 0. The number of amides is 1. The first kappa shape index (κ1) is 17.5. The van der Waals surface area contributed by atoms with Gasteiger partial charge in [-0.3, -0.25) is 9.69 Å². The SMILES string of the molecule is O=C(C1CCOCC1)N1CC[C@@H]2[C@@H](CCCN2CC2CC=CCC2)C1. The summed E-state index contributed by atoms with van der Waals surface area (Å²) in [6, 6.07) is 0.721. The molecule has 0 aromatic heterocycles. The molecule has 4 nitrogen and oxygen atoms in total. The Balaban J connectivity index is 1.33. The normalized spacial score (nSPS) is 34.7. The lowest BCUT2D eigenvalue weighted by Crippen LogP contribution is -2.56. The highest BCUT2D eigenvalue weighted by molar-refractivity contribution is 5.79. The molecule has 4 aliphatic rings. The number of hydrogen-bond acceptors (Lipinski definition) is 3. The summed E-state index contributed by atoms with van der Waals surface area (Å²) in [5, 5.41) is 0. The first-order valence-corrected chi connectivity index (χ1v) is 10.6. The van der Waals surface area contributed by atoms with Crippen LogP contribution in [-0.4, -0.2) is 61.1 Å². The minimum Gasteiger partial charge on any atom is -0.381 e. The van der Waals surface area contributed by atoms with Crippen molar-refractivity contribution in [3.63, 3.8) is 0 Å². The van der Waals surface area contributed by atoms with Crippen LogP contribution in [0.25, 0.3) is 0 Å². The number of ether oxygens (including phenoxy) is 1.